The van der Waals surface area contributed by atoms with Gasteiger partial charge in [0, 0.05) is 11.7 Å². The number of hydrogen-bond acceptors (Lipinski definition) is 1. The third-order valence-corrected chi connectivity index (χ3v) is 3.50. The highest BCUT2D eigenvalue weighted by Gasteiger charge is 2.09. The van der Waals surface area contributed by atoms with Gasteiger partial charge in [-0.3, -0.25) is 0 Å². The van der Waals surface area contributed by atoms with Gasteiger partial charge in [-0.1, -0.05) is 42.8 Å². The van der Waals surface area contributed by atoms with Crippen LogP contribution in [0.5, 0.6) is 0 Å². The van der Waals surface area contributed by atoms with Gasteiger partial charge in [0.1, 0.15) is 5.82 Å². The van der Waals surface area contributed by atoms with E-state index in [9.17, 15) is 4.39 Å². The van der Waals surface area contributed by atoms with Crippen LogP contribution in [0.1, 0.15) is 31.0 Å². The molecule has 3 heteroatoms. The van der Waals surface area contributed by atoms with Crippen molar-refractivity contribution in [3.8, 4) is 0 Å². The quantitative estimate of drug-likeness (QED) is 0.808. The van der Waals surface area contributed by atoms with E-state index in [-0.39, 0.29) is 16.9 Å². The summed E-state index contributed by atoms with van der Waals surface area (Å²) in [6, 6.07) is 13.1. The minimum atomic E-state index is -0.383. The van der Waals surface area contributed by atoms with Gasteiger partial charge < -0.3 is 5.32 Å². The summed E-state index contributed by atoms with van der Waals surface area (Å²) in [7, 11) is 0. The van der Waals surface area contributed by atoms with Gasteiger partial charge in [0.2, 0.25) is 0 Å². The second-order valence-electron chi connectivity index (χ2n) is 4.55. The van der Waals surface area contributed by atoms with Crippen LogP contribution in [0.15, 0.2) is 42.5 Å². The van der Waals surface area contributed by atoms with E-state index in [2.05, 4.69) is 24.4 Å². The molecule has 100 valence electrons. The summed E-state index contributed by atoms with van der Waals surface area (Å²) in [5.74, 6) is -0.383. The molecular formula is C16H17ClFN. The first-order chi connectivity index (χ1) is 9.11. The first kappa shape index (κ1) is 13.9. The summed E-state index contributed by atoms with van der Waals surface area (Å²) in [6.45, 7) is 4.16. The van der Waals surface area contributed by atoms with Crippen molar-refractivity contribution in [2.75, 3.05) is 5.32 Å². The predicted molar refractivity (Wildman–Crippen MR) is 79.3 cm³/mol. The van der Waals surface area contributed by atoms with Gasteiger partial charge in [0.25, 0.3) is 0 Å². The van der Waals surface area contributed by atoms with Crippen LogP contribution < -0.4 is 5.32 Å². The Morgan fingerprint density at radius 1 is 1.21 bits per heavy atom. The Labute approximate surface area is 118 Å². The van der Waals surface area contributed by atoms with Crippen molar-refractivity contribution < 1.29 is 4.39 Å². The molecule has 1 N–H and O–H groups in total. The zero-order chi connectivity index (χ0) is 13.8. The van der Waals surface area contributed by atoms with E-state index >= 15 is 0 Å². The molecule has 2 aromatic rings. The highest BCUT2D eigenvalue weighted by atomic mass is 35.5. The van der Waals surface area contributed by atoms with E-state index in [1.807, 2.05) is 19.1 Å². The molecule has 0 radical (unpaired) electrons. The van der Waals surface area contributed by atoms with Crippen LogP contribution >= 0.6 is 11.6 Å². The maximum atomic E-state index is 13.2. The van der Waals surface area contributed by atoms with Gasteiger partial charge in [-0.15, -0.1) is 0 Å². The fourth-order valence-corrected chi connectivity index (χ4v) is 2.26. The molecular weight excluding hydrogens is 261 g/mol. The fraction of sp³-hybridized carbons (Fsp3) is 0.250. The Bertz CT molecular complexity index is 568. The van der Waals surface area contributed by atoms with E-state index < -0.39 is 0 Å². The number of benzene rings is 2. The summed E-state index contributed by atoms with van der Waals surface area (Å²) < 4.78 is 13.2. The summed E-state index contributed by atoms with van der Waals surface area (Å²) in [5, 5.41) is 3.61. The molecule has 1 unspecified atom stereocenters. The molecule has 0 saturated heterocycles. The second kappa shape index (κ2) is 6.07. The lowest BCUT2D eigenvalue weighted by Crippen LogP contribution is -2.08. The van der Waals surface area contributed by atoms with Crippen molar-refractivity contribution in [1.82, 2.24) is 0 Å². The van der Waals surface area contributed by atoms with Crippen molar-refractivity contribution in [1.29, 1.82) is 0 Å². The number of halogens is 2. The zero-order valence-electron chi connectivity index (χ0n) is 11.1. The lowest BCUT2D eigenvalue weighted by Gasteiger charge is -2.18. The van der Waals surface area contributed by atoms with E-state index in [0.29, 0.717) is 0 Å². The Kier molecular flexibility index (Phi) is 4.43. The molecule has 2 aromatic carbocycles. The van der Waals surface area contributed by atoms with Gasteiger partial charge in [-0.05, 0) is 42.7 Å². The SMILES string of the molecule is CCc1ccccc1NC(C)c1ccc(F)c(Cl)c1. The first-order valence-electron chi connectivity index (χ1n) is 6.41. The Morgan fingerprint density at radius 3 is 2.63 bits per heavy atom. The highest BCUT2D eigenvalue weighted by Crippen LogP contribution is 2.25. The minimum Gasteiger partial charge on any atom is -0.378 e. The second-order valence-corrected chi connectivity index (χ2v) is 4.96. The number of rotatable bonds is 4. The van der Waals surface area contributed by atoms with E-state index in [1.165, 1.54) is 11.6 Å². The van der Waals surface area contributed by atoms with Crippen LogP contribution in [0.4, 0.5) is 10.1 Å². The topological polar surface area (TPSA) is 12.0 Å². The third-order valence-electron chi connectivity index (χ3n) is 3.21. The van der Waals surface area contributed by atoms with Crippen molar-refractivity contribution in [2.24, 2.45) is 0 Å². The number of hydrogen-bond donors (Lipinski definition) is 1. The number of para-hydroxylation sites is 1. The van der Waals surface area contributed by atoms with Crippen molar-refractivity contribution in [2.45, 2.75) is 26.3 Å². The van der Waals surface area contributed by atoms with Crippen LogP contribution in [0, 0.1) is 5.82 Å². The van der Waals surface area contributed by atoms with Crippen LogP contribution in [-0.2, 0) is 6.42 Å². The molecule has 0 aliphatic carbocycles. The molecule has 0 saturated carbocycles. The van der Waals surface area contributed by atoms with Gasteiger partial charge >= 0.3 is 0 Å². The molecule has 19 heavy (non-hydrogen) atoms. The van der Waals surface area contributed by atoms with E-state index in [1.54, 1.807) is 12.1 Å². The van der Waals surface area contributed by atoms with E-state index in [4.69, 9.17) is 11.6 Å². The van der Waals surface area contributed by atoms with Gasteiger partial charge in [-0.2, -0.15) is 0 Å². The maximum absolute atomic E-state index is 13.2. The summed E-state index contributed by atoms with van der Waals surface area (Å²) in [6.07, 6.45) is 0.972. The molecule has 1 nitrogen and oxygen atoms in total. The smallest absolute Gasteiger partial charge is 0.141 e. The lowest BCUT2D eigenvalue weighted by molar-refractivity contribution is 0.627. The molecule has 0 spiro atoms. The van der Waals surface area contributed by atoms with Crippen molar-refractivity contribution in [3.05, 3.63) is 64.4 Å². The van der Waals surface area contributed by atoms with Crippen molar-refractivity contribution >= 4 is 17.3 Å². The van der Waals surface area contributed by atoms with Crippen LogP contribution in [-0.4, -0.2) is 0 Å². The van der Waals surface area contributed by atoms with Crippen LogP contribution in [0.3, 0.4) is 0 Å². The monoisotopic (exact) mass is 277 g/mol. The van der Waals surface area contributed by atoms with Crippen LogP contribution in [0.25, 0.3) is 0 Å². The molecule has 0 aliphatic rings. The highest BCUT2D eigenvalue weighted by molar-refractivity contribution is 6.30. The predicted octanol–water partition coefficient (Wildman–Crippen LogP) is 5.21. The van der Waals surface area contributed by atoms with Crippen LogP contribution in [0.2, 0.25) is 5.02 Å². The Balaban J connectivity index is 2.20. The average molecular weight is 278 g/mol. The molecule has 2 rings (SSSR count). The lowest BCUT2D eigenvalue weighted by atomic mass is 10.1. The van der Waals surface area contributed by atoms with Crippen molar-refractivity contribution in [3.63, 3.8) is 0 Å². The maximum Gasteiger partial charge on any atom is 0.141 e. The van der Waals surface area contributed by atoms with E-state index in [0.717, 1.165) is 17.7 Å². The van der Waals surface area contributed by atoms with Gasteiger partial charge in [0.05, 0.1) is 5.02 Å². The molecule has 0 fully saturated rings. The summed E-state index contributed by atoms with van der Waals surface area (Å²) in [5.41, 5.74) is 3.35. The largest absolute Gasteiger partial charge is 0.378 e. The number of nitrogens with one attached hydrogen (secondary N) is 1. The minimum absolute atomic E-state index is 0.0748. The molecule has 1 atom stereocenters. The zero-order valence-corrected chi connectivity index (χ0v) is 11.8. The van der Waals surface area contributed by atoms with Gasteiger partial charge in [-0.25, -0.2) is 4.39 Å². The molecule has 0 amide bonds. The molecule has 0 aliphatic heterocycles. The Hall–Kier alpha value is -1.54. The molecule has 0 aromatic heterocycles. The third kappa shape index (κ3) is 3.27. The summed E-state index contributed by atoms with van der Waals surface area (Å²) >= 11 is 5.82. The average Bonchev–Trinajstić information content (AvgIpc) is 2.42. The fourth-order valence-electron chi connectivity index (χ4n) is 2.07. The number of aryl methyl sites for hydroxylation is 1. The molecule has 0 bridgehead atoms. The van der Waals surface area contributed by atoms with Gasteiger partial charge in [0.15, 0.2) is 0 Å². The standard InChI is InChI=1S/C16H17ClFN/c1-3-12-6-4-5-7-16(12)19-11(2)13-8-9-15(18)14(17)10-13/h4-11,19H,3H2,1-2H3. The first-order valence-corrected chi connectivity index (χ1v) is 6.79. The number of anilines is 1. The molecule has 0 heterocycles. The summed E-state index contributed by atoms with van der Waals surface area (Å²) in [4.78, 5) is 0. The normalized spacial score (nSPS) is 12.2. The Morgan fingerprint density at radius 2 is 1.95 bits per heavy atom.